The van der Waals surface area contributed by atoms with E-state index in [0.717, 1.165) is 6.08 Å². The number of hydrogen-bond donors (Lipinski definition) is 1. The Labute approximate surface area is 103 Å². The number of ether oxygens (including phenoxy) is 1. The number of carboxylic acid groups (broad SMARTS) is 1. The van der Waals surface area contributed by atoms with E-state index in [1.54, 1.807) is 0 Å². The molecule has 1 rings (SSSR count). The largest absolute Gasteiger partial charge is 0.495 e. The van der Waals surface area contributed by atoms with Crippen molar-refractivity contribution in [3.05, 3.63) is 29.8 Å². The fourth-order valence-corrected chi connectivity index (χ4v) is 2.19. The van der Waals surface area contributed by atoms with Crippen LogP contribution in [-0.4, -0.2) is 26.6 Å². The lowest BCUT2D eigenvalue weighted by Gasteiger charge is -2.06. The summed E-state index contributed by atoms with van der Waals surface area (Å²) in [6.07, 6.45) is 2.15. The highest BCUT2D eigenvalue weighted by atomic mass is 35.7. The van der Waals surface area contributed by atoms with Gasteiger partial charge in [0.15, 0.2) is 0 Å². The molecule has 0 fully saturated rings. The van der Waals surface area contributed by atoms with Gasteiger partial charge < -0.3 is 9.84 Å². The van der Waals surface area contributed by atoms with E-state index in [2.05, 4.69) is 0 Å². The molecule has 0 bridgehead atoms. The van der Waals surface area contributed by atoms with E-state index >= 15 is 0 Å². The molecule has 0 unspecified atom stereocenters. The van der Waals surface area contributed by atoms with Crippen LogP contribution in [0, 0.1) is 0 Å². The quantitative estimate of drug-likeness (QED) is 0.669. The SMILES string of the molecule is COc1ccc(/C=C\C(=O)O)cc1S(=O)(=O)Cl. The summed E-state index contributed by atoms with van der Waals surface area (Å²) in [6.45, 7) is 0. The molecule has 7 heteroatoms. The minimum absolute atomic E-state index is 0.104. The lowest BCUT2D eigenvalue weighted by molar-refractivity contribution is -0.131. The molecule has 5 nitrogen and oxygen atoms in total. The van der Waals surface area contributed by atoms with Crippen molar-refractivity contribution in [2.75, 3.05) is 7.11 Å². The third-order valence-electron chi connectivity index (χ3n) is 1.87. The van der Waals surface area contributed by atoms with Gasteiger partial charge in [-0.1, -0.05) is 6.07 Å². The smallest absolute Gasteiger partial charge is 0.328 e. The van der Waals surface area contributed by atoms with E-state index in [-0.39, 0.29) is 10.6 Å². The molecular formula is C10H9ClO5S. The van der Waals surface area contributed by atoms with Crippen LogP contribution in [0.2, 0.25) is 0 Å². The standard InChI is InChI=1S/C10H9ClO5S/c1-16-8-4-2-7(3-5-10(12)13)6-9(8)17(11,14)15/h2-6H,1H3,(H,12,13)/b5-3-. The Kier molecular flexibility index (Phi) is 4.14. The monoisotopic (exact) mass is 276 g/mol. The molecule has 0 aliphatic rings. The molecule has 0 aromatic heterocycles. The second kappa shape index (κ2) is 5.20. The molecular weight excluding hydrogens is 268 g/mol. The fourth-order valence-electron chi connectivity index (χ4n) is 1.16. The van der Waals surface area contributed by atoms with Crippen LogP contribution in [0.4, 0.5) is 0 Å². The highest BCUT2D eigenvalue weighted by molar-refractivity contribution is 8.13. The van der Waals surface area contributed by atoms with E-state index in [4.69, 9.17) is 20.5 Å². The van der Waals surface area contributed by atoms with Crippen molar-refractivity contribution in [1.82, 2.24) is 0 Å². The molecule has 1 aromatic rings. The number of hydrogen-bond acceptors (Lipinski definition) is 4. The number of methoxy groups -OCH3 is 1. The van der Waals surface area contributed by atoms with E-state index in [9.17, 15) is 13.2 Å². The van der Waals surface area contributed by atoms with Crippen LogP contribution in [0.5, 0.6) is 5.75 Å². The molecule has 0 aliphatic carbocycles. The number of rotatable bonds is 4. The summed E-state index contributed by atoms with van der Waals surface area (Å²) in [5.74, 6) is -1.02. The zero-order chi connectivity index (χ0) is 13.1. The second-order valence-electron chi connectivity index (χ2n) is 3.02. The van der Waals surface area contributed by atoms with Crippen LogP contribution in [0.1, 0.15) is 5.56 Å². The Hall–Kier alpha value is -1.53. The van der Waals surface area contributed by atoms with Gasteiger partial charge in [-0.25, -0.2) is 13.2 Å². The number of benzene rings is 1. The summed E-state index contributed by atoms with van der Waals surface area (Å²) in [6, 6.07) is 4.15. The average molecular weight is 277 g/mol. The van der Waals surface area contributed by atoms with Gasteiger partial charge in [-0.2, -0.15) is 0 Å². The van der Waals surface area contributed by atoms with Crippen LogP contribution in [-0.2, 0) is 13.8 Å². The summed E-state index contributed by atoms with van der Waals surface area (Å²) >= 11 is 0. The Morgan fingerprint density at radius 2 is 2.12 bits per heavy atom. The van der Waals surface area contributed by atoms with Gasteiger partial charge in [0.1, 0.15) is 10.6 Å². The maximum atomic E-state index is 11.2. The molecule has 0 aliphatic heterocycles. The second-order valence-corrected chi connectivity index (χ2v) is 5.55. The first-order valence-corrected chi connectivity index (χ1v) is 6.69. The summed E-state index contributed by atoms with van der Waals surface area (Å²) in [5, 5.41) is 8.45. The van der Waals surface area contributed by atoms with E-state index in [1.165, 1.54) is 31.4 Å². The first-order chi connectivity index (χ1) is 7.84. The van der Waals surface area contributed by atoms with Crippen molar-refractivity contribution in [3.8, 4) is 5.75 Å². The molecule has 17 heavy (non-hydrogen) atoms. The third kappa shape index (κ3) is 3.76. The zero-order valence-corrected chi connectivity index (χ0v) is 10.3. The molecule has 92 valence electrons. The van der Waals surface area contributed by atoms with Crippen molar-refractivity contribution in [2.24, 2.45) is 0 Å². The Morgan fingerprint density at radius 3 is 2.59 bits per heavy atom. The van der Waals surface area contributed by atoms with Crippen molar-refractivity contribution in [3.63, 3.8) is 0 Å². The van der Waals surface area contributed by atoms with Gasteiger partial charge in [0.2, 0.25) is 0 Å². The van der Waals surface area contributed by atoms with Gasteiger partial charge in [-0.3, -0.25) is 0 Å². The van der Waals surface area contributed by atoms with Gasteiger partial charge in [0, 0.05) is 16.8 Å². The van der Waals surface area contributed by atoms with Gasteiger partial charge in [0.25, 0.3) is 9.05 Å². The highest BCUT2D eigenvalue weighted by Gasteiger charge is 2.16. The molecule has 0 saturated carbocycles. The summed E-state index contributed by atoms with van der Waals surface area (Å²) in [7, 11) is 2.60. The average Bonchev–Trinajstić information content (AvgIpc) is 2.24. The van der Waals surface area contributed by atoms with Crippen molar-refractivity contribution < 1.29 is 23.1 Å². The van der Waals surface area contributed by atoms with Crippen molar-refractivity contribution in [2.45, 2.75) is 4.90 Å². The van der Waals surface area contributed by atoms with Gasteiger partial charge in [-0.15, -0.1) is 0 Å². The normalized spacial score (nSPS) is 11.6. The molecule has 1 N–H and O–H groups in total. The molecule has 0 atom stereocenters. The maximum absolute atomic E-state index is 11.2. The van der Waals surface area contributed by atoms with Crippen molar-refractivity contribution in [1.29, 1.82) is 0 Å². The van der Waals surface area contributed by atoms with Gasteiger partial charge in [0.05, 0.1) is 7.11 Å². The zero-order valence-electron chi connectivity index (χ0n) is 8.75. The van der Waals surface area contributed by atoms with Crippen LogP contribution in [0.25, 0.3) is 6.08 Å². The van der Waals surface area contributed by atoms with E-state index in [0.29, 0.717) is 5.56 Å². The van der Waals surface area contributed by atoms with Crippen LogP contribution in [0.3, 0.4) is 0 Å². The molecule has 0 heterocycles. The number of halogens is 1. The maximum Gasteiger partial charge on any atom is 0.328 e. The number of carboxylic acids is 1. The Balaban J connectivity index is 3.28. The van der Waals surface area contributed by atoms with Crippen molar-refractivity contribution >= 4 is 31.8 Å². The minimum Gasteiger partial charge on any atom is -0.495 e. The van der Waals surface area contributed by atoms with Crippen LogP contribution >= 0.6 is 10.7 Å². The highest BCUT2D eigenvalue weighted by Crippen LogP contribution is 2.28. The van der Waals surface area contributed by atoms with Crippen LogP contribution < -0.4 is 4.74 Å². The molecule has 0 amide bonds. The first-order valence-electron chi connectivity index (χ1n) is 4.38. The lowest BCUT2D eigenvalue weighted by atomic mass is 10.2. The van der Waals surface area contributed by atoms with Gasteiger partial charge in [-0.05, 0) is 23.8 Å². The third-order valence-corrected chi connectivity index (χ3v) is 3.21. The Bertz CT molecular complexity index is 562. The number of aliphatic carboxylic acids is 1. The Morgan fingerprint density at radius 1 is 1.47 bits per heavy atom. The van der Waals surface area contributed by atoms with E-state index in [1.807, 2.05) is 0 Å². The summed E-state index contributed by atoms with van der Waals surface area (Å²) in [5.41, 5.74) is 0.396. The van der Waals surface area contributed by atoms with Gasteiger partial charge >= 0.3 is 5.97 Å². The summed E-state index contributed by atoms with van der Waals surface area (Å²) in [4.78, 5) is 10.1. The molecule has 0 spiro atoms. The molecule has 0 saturated heterocycles. The predicted molar refractivity (Wildman–Crippen MR) is 62.7 cm³/mol. The molecule has 0 radical (unpaired) electrons. The fraction of sp³-hybridized carbons (Fsp3) is 0.100. The summed E-state index contributed by atoms with van der Waals surface area (Å²) < 4.78 is 27.3. The molecule has 1 aromatic carbocycles. The number of carbonyl (C=O) groups is 1. The first kappa shape index (κ1) is 13.5. The lowest BCUT2D eigenvalue weighted by Crippen LogP contribution is -1.96. The van der Waals surface area contributed by atoms with Crippen LogP contribution in [0.15, 0.2) is 29.2 Å². The minimum atomic E-state index is -3.94. The van der Waals surface area contributed by atoms with E-state index < -0.39 is 15.0 Å². The predicted octanol–water partition coefficient (Wildman–Crippen LogP) is 1.72. The topological polar surface area (TPSA) is 80.7 Å².